The van der Waals surface area contributed by atoms with Gasteiger partial charge in [0.2, 0.25) is 5.91 Å². The Morgan fingerprint density at radius 1 is 1.24 bits per heavy atom. The minimum atomic E-state index is -4.77. The predicted octanol–water partition coefficient (Wildman–Crippen LogP) is 2.46. The van der Waals surface area contributed by atoms with Gasteiger partial charge in [-0.05, 0) is 24.5 Å². The molecule has 0 radical (unpaired) electrons. The Balaban J connectivity index is 1.78. The summed E-state index contributed by atoms with van der Waals surface area (Å²) in [6.45, 7) is -0.321. The highest BCUT2D eigenvalue weighted by Gasteiger charge is 2.37. The standard InChI is InChI=1S/C17H16F3N3O2/c18-17(19,20)13-8-14(12-6-7-12)22-23(16(13)25)10-15(24)21-9-11-4-2-1-3-5-11/h1-5,8,12H,6-7,9-10H2,(H,21,24). The maximum Gasteiger partial charge on any atom is 0.421 e. The van der Waals surface area contributed by atoms with E-state index in [1.807, 2.05) is 18.2 Å². The number of hydrogen-bond acceptors (Lipinski definition) is 3. The van der Waals surface area contributed by atoms with Crippen LogP contribution in [0.25, 0.3) is 0 Å². The molecule has 5 nitrogen and oxygen atoms in total. The molecule has 1 aliphatic rings. The van der Waals surface area contributed by atoms with Crippen molar-refractivity contribution in [3.63, 3.8) is 0 Å². The summed E-state index contributed by atoms with van der Waals surface area (Å²) in [5.74, 6) is -0.639. The number of benzene rings is 1. The Morgan fingerprint density at radius 2 is 1.92 bits per heavy atom. The molecule has 1 saturated carbocycles. The largest absolute Gasteiger partial charge is 0.421 e. The molecule has 0 spiro atoms. The minimum absolute atomic E-state index is 0.0691. The molecule has 1 aromatic heterocycles. The van der Waals surface area contributed by atoms with E-state index in [2.05, 4.69) is 10.4 Å². The SMILES string of the molecule is O=C(Cn1nc(C2CC2)cc(C(F)(F)F)c1=O)NCc1ccccc1. The van der Waals surface area contributed by atoms with E-state index in [-0.39, 0.29) is 18.2 Å². The Morgan fingerprint density at radius 3 is 2.52 bits per heavy atom. The van der Waals surface area contributed by atoms with Crippen LogP contribution in [0.3, 0.4) is 0 Å². The van der Waals surface area contributed by atoms with Gasteiger partial charge in [0.15, 0.2) is 0 Å². The highest BCUT2D eigenvalue weighted by atomic mass is 19.4. The van der Waals surface area contributed by atoms with Gasteiger partial charge >= 0.3 is 6.18 Å². The van der Waals surface area contributed by atoms with E-state index in [0.29, 0.717) is 4.68 Å². The quantitative estimate of drug-likeness (QED) is 0.900. The molecule has 132 valence electrons. The van der Waals surface area contributed by atoms with Crippen LogP contribution in [0.1, 0.15) is 35.6 Å². The molecular weight excluding hydrogens is 335 g/mol. The smallest absolute Gasteiger partial charge is 0.350 e. The molecule has 1 heterocycles. The van der Waals surface area contributed by atoms with Gasteiger partial charge in [0.05, 0.1) is 5.69 Å². The second-order valence-corrected chi connectivity index (χ2v) is 5.98. The number of halogens is 3. The van der Waals surface area contributed by atoms with Gasteiger partial charge in [-0.2, -0.15) is 18.3 Å². The molecule has 1 N–H and O–H groups in total. The lowest BCUT2D eigenvalue weighted by molar-refractivity contribution is -0.139. The first kappa shape index (κ1) is 17.2. The van der Waals surface area contributed by atoms with Gasteiger partial charge in [-0.25, -0.2) is 4.68 Å². The fourth-order valence-electron chi connectivity index (χ4n) is 2.44. The fraction of sp³-hybridized carbons (Fsp3) is 0.353. The molecule has 0 bridgehead atoms. The number of hydrogen-bond donors (Lipinski definition) is 1. The van der Waals surface area contributed by atoms with Crippen molar-refractivity contribution < 1.29 is 18.0 Å². The number of carbonyl (C=O) groups is 1. The van der Waals surface area contributed by atoms with Gasteiger partial charge < -0.3 is 5.32 Å². The summed E-state index contributed by atoms with van der Waals surface area (Å²) in [5.41, 5.74) is -1.52. The first-order valence-electron chi connectivity index (χ1n) is 7.84. The third kappa shape index (κ3) is 4.26. The maximum absolute atomic E-state index is 13.1. The topological polar surface area (TPSA) is 64.0 Å². The average molecular weight is 351 g/mol. The molecule has 2 aromatic rings. The number of rotatable bonds is 5. The second kappa shape index (κ2) is 6.70. The molecular formula is C17H16F3N3O2. The molecule has 3 rings (SSSR count). The van der Waals surface area contributed by atoms with Crippen LogP contribution in [-0.2, 0) is 24.1 Å². The van der Waals surface area contributed by atoms with E-state index in [9.17, 15) is 22.8 Å². The molecule has 1 aromatic carbocycles. The zero-order chi connectivity index (χ0) is 18.0. The summed E-state index contributed by atoms with van der Waals surface area (Å²) in [6.07, 6.45) is -3.29. The van der Waals surface area contributed by atoms with Crippen molar-refractivity contribution in [1.82, 2.24) is 15.1 Å². The number of alkyl halides is 3. The van der Waals surface area contributed by atoms with Crippen molar-refractivity contribution in [1.29, 1.82) is 0 Å². The van der Waals surface area contributed by atoms with Crippen LogP contribution in [-0.4, -0.2) is 15.7 Å². The zero-order valence-corrected chi connectivity index (χ0v) is 13.2. The van der Waals surface area contributed by atoms with Gasteiger partial charge in [-0.3, -0.25) is 9.59 Å². The van der Waals surface area contributed by atoms with Crippen molar-refractivity contribution in [2.45, 2.75) is 38.0 Å². The van der Waals surface area contributed by atoms with E-state index in [4.69, 9.17) is 0 Å². The van der Waals surface area contributed by atoms with E-state index in [1.54, 1.807) is 12.1 Å². The maximum atomic E-state index is 13.1. The molecule has 8 heteroatoms. The number of nitrogens with zero attached hydrogens (tertiary/aromatic N) is 2. The van der Waals surface area contributed by atoms with Gasteiger partial charge in [-0.1, -0.05) is 30.3 Å². The summed E-state index contributed by atoms with van der Waals surface area (Å²) in [4.78, 5) is 24.0. The molecule has 0 unspecified atom stereocenters. The van der Waals surface area contributed by atoms with E-state index >= 15 is 0 Å². The van der Waals surface area contributed by atoms with Crippen LogP contribution < -0.4 is 10.9 Å². The second-order valence-electron chi connectivity index (χ2n) is 5.98. The normalized spacial score (nSPS) is 14.4. The lowest BCUT2D eigenvalue weighted by Gasteiger charge is -2.12. The lowest BCUT2D eigenvalue weighted by Crippen LogP contribution is -2.37. The molecule has 1 aliphatic carbocycles. The van der Waals surface area contributed by atoms with Crippen LogP contribution in [0.2, 0.25) is 0 Å². The first-order chi connectivity index (χ1) is 11.8. The third-order valence-corrected chi connectivity index (χ3v) is 3.92. The van der Waals surface area contributed by atoms with Crippen molar-refractivity contribution in [2.24, 2.45) is 0 Å². The van der Waals surface area contributed by atoms with Gasteiger partial charge in [0.25, 0.3) is 5.56 Å². The van der Waals surface area contributed by atoms with Crippen LogP contribution in [0.15, 0.2) is 41.2 Å². The number of amides is 1. The van der Waals surface area contributed by atoms with Crippen LogP contribution in [0.4, 0.5) is 13.2 Å². The first-order valence-corrected chi connectivity index (χ1v) is 7.84. The highest BCUT2D eigenvalue weighted by Crippen LogP contribution is 2.40. The Labute approximate surface area is 141 Å². The zero-order valence-electron chi connectivity index (χ0n) is 13.2. The van der Waals surface area contributed by atoms with Crippen molar-refractivity contribution in [3.8, 4) is 0 Å². The molecule has 0 aliphatic heterocycles. The van der Waals surface area contributed by atoms with Crippen LogP contribution >= 0.6 is 0 Å². The predicted molar refractivity (Wildman–Crippen MR) is 83.8 cm³/mol. The molecule has 1 fully saturated rings. The Hall–Kier alpha value is -2.64. The number of carbonyl (C=O) groups excluding carboxylic acids is 1. The number of nitrogens with one attached hydrogen (secondary N) is 1. The van der Waals surface area contributed by atoms with E-state index < -0.39 is 29.8 Å². The van der Waals surface area contributed by atoms with Gasteiger partial charge in [0.1, 0.15) is 12.1 Å². The third-order valence-electron chi connectivity index (χ3n) is 3.92. The molecule has 0 saturated heterocycles. The van der Waals surface area contributed by atoms with Crippen molar-refractivity contribution in [3.05, 3.63) is 63.6 Å². The summed E-state index contributed by atoms with van der Waals surface area (Å²) in [5, 5.41) is 6.52. The van der Waals surface area contributed by atoms with Crippen molar-refractivity contribution in [2.75, 3.05) is 0 Å². The van der Waals surface area contributed by atoms with Crippen LogP contribution in [0, 0.1) is 0 Å². The number of aromatic nitrogens is 2. The van der Waals surface area contributed by atoms with Gasteiger partial charge in [0, 0.05) is 12.5 Å². The average Bonchev–Trinajstić information content (AvgIpc) is 3.39. The van der Waals surface area contributed by atoms with E-state index in [0.717, 1.165) is 24.5 Å². The van der Waals surface area contributed by atoms with Gasteiger partial charge in [-0.15, -0.1) is 0 Å². The summed E-state index contributed by atoms with van der Waals surface area (Å²) < 4.78 is 39.8. The summed E-state index contributed by atoms with van der Waals surface area (Å²) in [6, 6.07) is 9.86. The summed E-state index contributed by atoms with van der Waals surface area (Å²) >= 11 is 0. The molecule has 1 amide bonds. The molecule has 0 atom stereocenters. The fourth-order valence-corrected chi connectivity index (χ4v) is 2.44. The van der Waals surface area contributed by atoms with Crippen LogP contribution in [0.5, 0.6) is 0 Å². The monoisotopic (exact) mass is 351 g/mol. The van der Waals surface area contributed by atoms with Crippen molar-refractivity contribution >= 4 is 5.91 Å². The lowest BCUT2D eigenvalue weighted by atomic mass is 10.2. The summed E-state index contributed by atoms with van der Waals surface area (Å²) in [7, 11) is 0. The Kier molecular flexibility index (Phi) is 4.61. The molecule has 25 heavy (non-hydrogen) atoms. The Bertz CT molecular complexity index is 827. The minimum Gasteiger partial charge on any atom is -0.350 e. The highest BCUT2D eigenvalue weighted by molar-refractivity contribution is 5.75. The van der Waals surface area contributed by atoms with E-state index in [1.165, 1.54) is 0 Å².